The second-order valence-electron chi connectivity index (χ2n) is 4.56. The molecule has 2 aromatic carbocycles. The summed E-state index contributed by atoms with van der Waals surface area (Å²) in [6.45, 7) is 4.28. The number of halogens is 1. The van der Waals surface area contributed by atoms with Gasteiger partial charge >= 0.3 is 0 Å². The number of aryl methyl sites for hydroxylation is 2. The van der Waals surface area contributed by atoms with Gasteiger partial charge in [0.15, 0.2) is 0 Å². The first kappa shape index (κ1) is 13.6. The van der Waals surface area contributed by atoms with E-state index in [0.29, 0.717) is 0 Å². The van der Waals surface area contributed by atoms with Crippen LogP contribution in [0.3, 0.4) is 0 Å². The summed E-state index contributed by atoms with van der Waals surface area (Å²) in [5, 5.41) is 0. The van der Waals surface area contributed by atoms with Gasteiger partial charge in [0.2, 0.25) is 0 Å². The Morgan fingerprint density at radius 1 is 0.944 bits per heavy atom. The van der Waals surface area contributed by atoms with Crippen molar-refractivity contribution in [1.29, 1.82) is 0 Å². The molecule has 0 heterocycles. The molecule has 0 spiro atoms. The van der Waals surface area contributed by atoms with E-state index in [-0.39, 0.29) is 6.10 Å². The maximum Gasteiger partial charge on any atom is 0.110 e. The second-order valence-corrected chi connectivity index (χ2v) is 5.07. The van der Waals surface area contributed by atoms with Crippen molar-refractivity contribution in [3.8, 4) is 0 Å². The summed E-state index contributed by atoms with van der Waals surface area (Å²) in [7, 11) is 0. The monoisotopic (exact) mass is 352 g/mol. The van der Waals surface area contributed by atoms with E-state index in [1.807, 2.05) is 23.0 Å². The maximum atomic E-state index is 5.65. The molecule has 1 nitrogen and oxygen atoms in total. The number of benzene rings is 2. The van der Waals surface area contributed by atoms with Crippen molar-refractivity contribution >= 4 is 23.0 Å². The zero-order valence-electron chi connectivity index (χ0n) is 10.7. The zero-order valence-corrected chi connectivity index (χ0v) is 12.8. The van der Waals surface area contributed by atoms with Gasteiger partial charge in [-0.25, -0.2) is 0 Å². The third-order valence-corrected chi connectivity index (χ3v) is 3.92. The van der Waals surface area contributed by atoms with E-state index in [1.165, 1.54) is 22.3 Å². The quantitative estimate of drug-likeness (QED) is 0.707. The third-order valence-electron chi connectivity index (χ3n) is 3.31. The van der Waals surface area contributed by atoms with Gasteiger partial charge in [-0.15, -0.1) is 0 Å². The van der Waals surface area contributed by atoms with Crippen LogP contribution in [0.1, 0.15) is 28.4 Å². The molecule has 0 N–H and O–H groups in total. The Morgan fingerprint density at radius 2 is 1.56 bits per heavy atom. The Balaban J connectivity index is 2.26. The first-order valence-corrected chi connectivity index (χ1v) is 6.98. The molecule has 0 aromatic heterocycles. The first-order chi connectivity index (χ1) is 8.72. The summed E-state index contributed by atoms with van der Waals surface area (Å²) >= 11 is 2.01. The molecule has 2 rings (SSSR count). The summed E-state index contributed by atoms with van der Waals surface area (Å²) in [6.07, 6.45) is 1.04. The highest BCUT2D eigenvalue weighted by molar-refractivity contribution is 14.1. The van der Waals surface area contributed by atoms with E-state index >= 15 is 0 Å². The second kappa shape index (κ2) is 6.34. The highest BCUT2D eigenvalue weighted by atomic mass is 127. The normalized spacial score (nSPS) is 12.4. The first-order valence-electron chi connectivity index (χ1n) is 6.10. The van der Waals surface area contributed by atoms with Crippen molar-refractivity contribution in [1.82, 2.24) is 0 Å². The number of hydrogen-bond acceptors (Lipinski definition) is 1. The van der Waals surface area contributed by atoms with Crippen LogP contribution in [0.4, 0.5) is 0 Å². The predicted molar refractivity (Wildman–Crippen MR) is 83.9 cm³/mol. The molecule has 0 saturated carbocycles. The molecule has 0 radical (unpaired) electrons. The van der Waals surface area contributed by atoms with Gasteiger partial charge in [-0.05, 0) is 36.1 Å². The fraction of sp³-hybridized carbons (Fsp3) is 0.250. The lowest BCUT2D eigenvalue weighted by molar-refractivity contribution is 0.289. The van der Waals surface area contributed by atoms with Crippen LogP contribution in [0.25, 0.3) is 0 Å². The van der Waals surface area contributed by atoms with Crippen molar-refractivity contribution in [3.05, 3.63) is 70.8 Å². The van der Waals surface area contributed by atoms with Crippen LogP contribution in [0.15, 0.2) is 48.5 Å². The lowest BCUT2D eigenvalue weighted by atomic mass is 9.96. The average molecular weight is 352 g/mol. The lowest BCUT2D eigenvalue weighted by Gasteiger charge is -2.17. The van der Waals surface area contributed by atoms with E-state index in [1.54, 1.807) is 0 Å². The van der Waals surface area contributed by atoms with Gasteiger partial charge in [-0.2, -0.15) is 0 Å². The Morgan fingerprint density at radius 3 is 2.17 bits per heavy atom. The molecular formula is C16H17IO. The van der Waals surface area contributed by atoms with Crippen LogP contribution in [0.2, 0.25) is 0 Å². The summed E-state index contributed by atoms with van der Waals surface area (Å²) in [5.41, 5.74) is 5.23. The summed E-state index contributed by atoms with van der Waals surface area (Å²) in [6, 6.07) is 16.9. The van der Waals surface area contributed by atoms with Crippen LogP contribution in [-0.4, -0.2) is 0 Å². The number of rotatable bonds is 4. The molecule has 0 saturated heterocycles. The van der Waals surface area contributed by atoms with Crippen LogP contribution >= 0.6 is 23.0 Å². The van der Waals surface area contributed by atoms with Gasteiger partial charge in [0.05, 0.1) is 6.10 Å². The van der Waals surface area contributed by atoms with Gasteiger partial charge in [-0.3, -0.25) is 0 Å². The van der Waals surface area contributed by atoms with E-state index in [0.717, 1.165) is 6.42 Å². The van der Waals surface area contributed by atoms with Crippen molar-refractivity contribution in [3.63, 3.8) is 0 Å². The van der Waals surface area contributed by atoms with Crippen molar-refractivity contribution in [2.45, 2.75) is 26.4 Å². The Kier molecular flexibility index (Phi) is 4.78. The SMILES string of the molecule is Cc1ccccc1CC(OI)c1ccccc1C. The van der Waals surface area contributed by atoms with E-state index in [2.05, 4.69) is 62.4 Å². The Bertz CT molecular complexity index is 522. The molecule has 0 aliphatic carbocycles. The average Bonchev–Trinajstić information content (AvgIpc) is 2.39. The molecular weight excluding hydrogens is 335 g/mol. The molecule has 2 heteroatoms. The molecule has 0 aliphatic heterocycles. The molecule has 2 aromatic rings. The van der Waals surface area contributed by atoms with Crippen LogP contribution < -0.4 is 0 Å². The summed E-state index contributed by atoms with van der Waals surface area (Å²) in [4.78, 5) is 0. The minimum Gasteiger partial charge on any atom is -0.307 e. The van der Waals surface area contributed by atoms with E-state index in [9.17, 15) is 0 Å². The topological polar surface area (TPSA) is 9.23 Å². The molecule has 0 aliphatic rings. The van der Waals surface area contributed by atoms with E-state index in [4.69, 9.17) is 3.07 Å². The predicted octanol–water partition coefficient (Wildman–Crippen LogP) is 4.95. The van der Waals surface area contributed by atoms with Gasteiger partial charge in [0, 0.05) is 6.42 Å². The van der Waals surface area contributed by atoms with E-state index < -0.39 is 0 Å². The standard InChI is InChI=1S/C16H17IO/c1-12-7-3-5-9-14(12)11-16(18-17)15-10-6-4-8-13(15)2/h3-10,16H,11H2,1-2H3. The van der Waals surface area contributed by atoms with Crippen molar-refractivity contribution in [2.75, 3.05) is 0 Å². The summed E-state index contributed by atoms with van der Waals surface area (Å²) < 4.78 is 5.65. The minimum atomic E-state index is 0.118. The van der Waals surface area contributed by atoms with Gasteiger partial charge in [0.25, 0.3) is 0 Å². The fourth-order valence-electron chi connectivity index (χ4n) is 2.18. The molecule has 1 unspecified atom stereocenters. The van der Waals surface area contributed by atoms with Crippen LogP contribution in [-0.2, 0) is 9.49 Å². The number of hydrogen-bond donors (Lipinski definition) is 0. The molecule has 18 heavy (non-hydrogen) atoms. The largest absolute Gasteiger partial charge is 0.307 e. The molecule has 0 amide bonds. The molecule has 1 atom stereocenters. The van der Waals surface area contributed by atoms with Crippen LogP contribution in [0.5, 0.6) is 0 Å². The molecule has 0 fully saturated rings. The molecule has 0 bridgehead atoms. The van der Waals surface area contributed by atoms with Gasteiger partial charge in [-0.1, -0.05) is 48.5 Å². The van der Waals surface area contributed by atoms with Gasteiger partial charge in [0.1, 0.15) is 23.0 Å². The minimum absolute atomic E-state index is 0.118. The smallest absolute Gasteiger partial charge is 0.110 e. The van der Waals surface area contributed by atoms with Crippen molar-refractivity contribution < 1.29 is 3.07 Å². The zero-order chi connectivity index (χ0) is 13.0. The third kappa shape index (κ3) is 3.12. The highest BCUT2D eigenvalue weighted by Crippen LogP contribution is 2.28. The van der Waals surface area contributed by atoms with Gasteiger partial charge < -0.3 is 3.07 Å². The Labute approximate surface area is 123 Å². The Hall–Kier alpha value is -0.870. The molecule has 94 valence electrons. The highest BCUT2D eigenvalue weighted by Gasteiger charge is 2.15. The lowest BCUT2D eigenvalue weighted by Crippen LogP contribution is -2.05. The maximum absolute atomic E-state index is 5.65. The fourth-order valence-corrected chi connectivity index (χ4v) is 2.63. The summed E-state index contributed by atoms with van der Waals surface area (Å²) in [5.74, 6) is 0. The van der Waals surface area contributed by atoms with Crippen LogP contribution in [0, 0.1) is 13.8 Å². The van der Waals surface area contributed by atoms with Crippen molar-refractivity contribution in [2.24, 2.45) is 0 Å².